The number of nitrogens with zero attached hydrogens (tertiary/aromatic N) is 3. The largest absolute Gasteiger partial charge is 1.00 e. The molecule has 0 aromatic heterocycles. The number of aryl methyl sites for hydroxylation is 6. The molecule has 0 radical (unpaired) electrons. The molecule has 3 aromatic rings. The Balaban J connectivity index is 0.00000368. The number of halogens is 3. The van der Waals surface area contributed by atoms with Crippen molar-refractivity contribution in [1.29, 1.82) is 0 Å². The van der Waals surface area contributed by atoms with E-state index in [0.29, 0.717) is 0 Å². The van der Waals surface area contributed by atoms with Gasteiger partial charge in [0.15, 0.2) is 0 Å². The second-order valence-corrected chi connectivity index (χ2v) is 19.1. The number of hydrogen-bond donors (Lipinski definition) is 0. The number of rotatable bonds is 7. The Morgan fingerprint density at radius 2 is 0.745 bits per heavy atom. The third-order valence-electron chi connectivity index (χ3n) is 10.8. The van der Waals surface area contributed by atoms with Crippen LogP contribution in [-0.4, -0.2) is 50.4 Å². The van der Waals surface area contributed by atoms with Crippen LogP contribution in [-0.2, 0) is 20.4 Å². The fraction of sp³-hybridized carbons (Fsp3) is 0.436. The monoisotopic (exact) mass is 745 g/mol. The van der Waals surface area contributed by atoms with Crippen molar-refractivity contribution in [2.75, 3.05) is 57.0 Å². The van der Waals surface area contributed by atoms with Crippen molar-refractivity contribution in [3.8, 4) is 0 Å². The molecule has 4 rings (SSSR count). The maximum Gasteiger partial charge on any atom is -1.00 e. The van der Waals surface area contributed by atoms with Crippen LogP contribution in [0.5, 0.6) is 0 Å². The molecule has 0 saturated heterocycles. The zero-order valence-electron chi connectivity index (χ0n) is 31.4. The minimum atomic E-state index is -2.95. The van der Waals surface area contributed by atoms with Crippen molar-refractivity contribution in [3.05, 3.63) is 90.4 Å². The van der Waals surface area contributed by atoms with Crippen LogP contribution in [0.25, 0.3) is 0 Å². The summed E-state index contributed by atoms with van der Waals surface area (Å²) >= 11 is 2.43. The molecule has 1 unspecified atom stereocenters. The molecule has 0 aliphatic heterocycles. The quantitative estimate of drug-likeness (QED) is 0.208. The molecule has 0 bridgehead atoms. The van der Waals surface area contributed by atoms with Crippen LogP contribution in [0.2, 0.25) is 5.04 Å². The first-order valence-corrected chi connectivity index (χ1v) is 18.6. The summed E-state index contributed by atoms with van der Waals surface area (Å²) in [4.78, 5) is 6.91. The van der Waals surface area contributed by atoms with Crippen molar-refractivity contribution in [2.45, 2.75) is 74.3 Å². The third kappa shape index (κ3) is 6.65. The van der Waals surface area contributed by atoms with Gasteiger partial charge in [-0.05, 0) is 0 Å². The van der Waals surface area contributed by atoms with Gasteiger partial charge in [-0.2, -0.15) is 0 Å². The van der Waals surface area contributed by atoms with Gasteiger partial charge in [-0.15, -0.1) is 0 Å². The molecule has 254 valence electrons. The zero-order valence-corrected chi connectivity index (χ0v) is 36.3. The van der Waals surface area contributed by atoms with E-state index in [1.54, 1.807) is 0 Å². The van der Waals surface area contributed by atoms with Gasteiger partial charge < -0.3 is 37.2 Å². The van der Waals surface area contributed by atoms with Crippen molar-refractivity contribution in [2.24, 2.45) is 0 Å². The van der Waals surface area contributed by atoms with Crippen molar-refractivity contribution >= 4 is 40.7 Å². The predicted octanol–water partition coefficient (Wildman–Crippen LogP) is -1.85. The first-order chi connectivity index (χ1) is 20.3. The topological polar surface area (TPSA) is 9.72 Å². The number of benzene rings is 3. The van der Waals surface area contributed by atoms with Gasteiger partial charge in [0.1, 0.15) is 0 Å². The molecular weight excluding hydrogens is 693 g/mol. The van der Waals surface area contributed by atoms with Gasteiger partial charge in [0, 0.05) is 0 Å². The molecule has 47 heavy (non-hydrogen) atoms. The molecule has 8 heteroatoms. The summed E-state index contributed by atoms with van der Waals surface area (Å²) in [6.45, 7) is 23.6. The fourth-order valence-electron chi connectivity index (χ4n) is 8.30. The van der Waals surface area contributed by atoms with Crippen LogP contribution in [0.4, 0.5) is 17.1 Å². The van der Waals surface area contributed by atoms with Gasteiger partial charge in [-0.25, -0.2) is 0 Å². The number of allylic oxidation sites excluding steroid dienone is 4. The van der Waals surface area contributed by atoms with Crippen molar-refractivity contribution < 1.29 is 57.7 Å². The van der Waals surface area contributed by atoms with Gasteiger partial charge in [-0.1, -0.05) is 0 Å². The van der Waals surface area contributed by atoms with E-state index in [9.17, 15) is 0 Å². The summed E-state index contributed by atoms with van der Waals surface area (Å²) < 4.78 is 1.52. The second kappa shape index (κ2) is 15.5. The molecule has 3 aromatic carbocycles. The normalized spacial score (nSPS) is 16.0. The summed E-state index contributed by atoms with van der Waals surface area (Å²) in [5.74, 6) is 0. The Morgan fingerprint density at radius 3 is 0.957 bits per heavy atom. The first-order valence-electron chi connectivity index (χ1n) is 15.8. The third-order valence-corrected chi connectivity index (χ3v) is 18.7. The van der Waals surface area contributed by atoms with Crippen LogP contribution in [0, 0.1) is 41.5 Å². The van der Waals surface area contributed by atoms with Crippen LogP contribution < -0.4 is 67.5 Å². The molecule has 1 aliphatic carbocycles. The van der Waals surface area contributed by atoms with Gasteiger partial charge in [0.2, 0.25) is 0 Å². The minimum absolute atomic E-state index is 0. The number of anilines is 3. The maximum atomic E-state index is 2.60. The summed E-state index contributed by atoms with van der Waals surface area (Å²) in [5.41, 5.74) is 16.5. The average molecular weight is 747 g/mol. The number of hydrogen-bond acceptors (Lipinski definition) is 3. The van der Waals surface area contributed by atoms with E-state index in [2.05, 4.69) is 183 Å². The van der Waals surface area contributed by atoms with E-state index < -0.39 is 8.07 Å². The van der Waals surface area contributed by atoms with Crippen molar-refractivity contribution in [1.82, 2.24) is 0 Å². The zero-order chi connectivity index (χ0) is 33.2. The van der Waals surface area contributed by atoms with E-state index in [0.717, 1.165) is 0 Å². The smallest absolute Gasteiger partial charge is 1.00 e. The molecular formula is C39H54Cl3N3SiTi. The Kier molecular flexibility index (Phi) is 14.3. The second-order valence-electron chi connectivity index (χ2n) is 14.2. The summed E-state index contributed by atoms with van der Waals surface area (Å²) in [7, 11) is 10.2. The van der Waals surface area contributed by atoms with E-state index >= 15 is 0 Å². The minimum Gasteiger partial charge on any atom is -1.00 e. The maximum absolute atomic E-state index is 2.95. The van der Waals surface area contributed by atoms with E-state index in [1.165, 1.54) is 86.6 Å². The van der Waals surface area contributed by atoms with Gasteiger partial charge in [0.25, 0.3) is 0 Å². The fourth-order valence-corrected chi connectivity index (χ4v) is 16.6. The molecule has 0 fully saturated rings. The summed E-state index contributed by atoms with van der Waals surface area (Å²) in [6.07, 6.45) is 0. The first kappa shape index (κ1) is 43.4. The average Bonchev–Trinajstić information content (AvgIpc) is 3.06. The van der Waals surface area contributed by atoms with Gasteiger partial charge in [-0.3, -0.25) is 0 Å². The van der Waals surface area contributed by atoms with Crippen LogP contribution in [0.3, 0.4) is 0 Å². The molecule has 0 amide bonds. The molecule has 0 spiro atoms. The molecule has 3 nitrogen and oxygen atoms in total. The standard InChI is InChI=1S/C39H54N3Si.3ClH.Ti/c1-24-17-27(4)36(20-33(24)40(11)12)43(39(10)23-30(7)31(8)32(39)9,37-21-34(41(13)14)25(2)18-28(37)5)38-22-35(42(15)16)26(3)19-29(38)6;;;;/h17-22H,1-16H3;3*1H;/q;;;;+3/p-3. The van der Waals surface area contributed by atoms with Crippen LogP contribution in [0.15, 0.2) is 57.0 Å². The van der Waals surface area contributed by atoms with Crippen LogP contribution in [0.1, 0.15) is 61.1 Å². The Bertz CT molecular complexity index is 1550. The molecule has 1 atom stereocenters. The van der Waals surface area contributed by atoms with Gasteiger partial charge >= 0.3 is 283 Å². The Morgan fingerprint density at radius 1 is 0.468 bits per heavy atom. The van der Waals surface area contributed by atoms with Crippen molar-refractivity contribution in [3.63, 3.8) is 0 Å². The Labute approximate surface area is 317 Å². The Hall–Kier alpha value is -1.66. The summed E-state index contributed by atoms with van der Waals surface area (Å²) in [6, 6.07) is 15.1. The SMILES string of the molecule is CC1=C(C)C(C)([Si](c2cc(N(C)C)c(C)cc2C)(c2cc(N(C)C)c(C)cc2C)c2cc(N(C)C)c(C)cc2C)[C]([Ti+3])=C1C.[Cl-].[Cl-].[Cl-]. The van der Waals surface area contributed by atoms with E-state index in [4.69, 9.17) is 0 Å². The van der Waals surface area contributed by atoms with Gasteiger partial charge in [0.05, 0.1) is 0 Å². The van der Waals surface area contributed by atoms with E-state index in [-0.39, 0.29) is 42.3 Å². The molecule has 0 N–H and O–H groups in total. The van der Waals surface area contributed by atoms with Crippen LogP contribution >= 0.6 is 0 Å². The molecule has 1 aliphatic rings. The molecule has 0 heterocycles. The predicted molar refractivity (Wildman–Crippen MR) is 195 cm³/mol. The van der Waals surface area contributed by atoms with E-state index in [1.807, 2.05) is 0 Å². The molecule has 0 saturated carbocycles. The summed E-state index contributed by atoms with van der Waals surface area (Å²) in [5, 5.41) is 4.37.